The summed E-state index contributed by atoms with van der Waals surface area (Å²) in [6, 6.07) is 8.08. The molecule has 3 rings (SSSR count). The van der Waals surface area contributed by atoms with Crippen LogP contribution in [0.25, 0.3) is 11.3 Å². The molecular formula is C14H16N2OS. The first kappa shape index (κ1) is 11.7. The Labute approximate surface area is 111 Å². The second kappa shape index (κ2) is 4.07. The van der Waals surface area contributed by atoms with E-state index < -0.39 is 0 Å². The Morgan fingerprint density at radius 2 is 2.11 bits per heavy atom. The number of para-hydroxylation sites is 1. The Bertz CT molecular complexity index is 589. The third-order valence-electron chi connectivity index (χ3n) is 3.08. The molecule has 0 atom stereocenters. The lowest BCUT2D eigenvalue weighted by Gasteiger charge is -2.31. The molecule has 0 amide bonds. The molecule has 1 aromatic heterocycles. The number of nitrogens with zero attached hydrogens (tertiary/aromatic N) is 1. The van der Waals surface area contributed by atoms with Gasteiger partial charge in [-0.05, 0) is 32.5 Å². The molecule has 0 bridgehead atoms. The van der Waals surface area contributed by atoms with E-state index in [0.29, 0.717) is 6.54 Å². The van der Waals surface area contributed by atoms with Gasteiger partial charge in [0.1, 0.15) is 11.4 Å². The molecule has 0 aliphatic carbocycles. The van der Waals surface area contributed by atoms with Crippen molar-refractivity contribution in [3.63, 3.8) is 0 Å². The maximum absolute atomic E-state index is 6.08. The molecule has 2 heterocycles. The number of thiazole rings is 1. The lowest BCUT2D eigenvalue weighted by molar-refractivity contribution is 0.109. The minimum absolute atomic E-state index is 0.311. The molecule has 0 saturated carbocycles. The zero-order valence-electron chi connectivity index (χ0n) is 10.6. The second-order valence-corrected chi connectivity index (χ2v) is 6.02. The number of ether oxygens (including phenoxy) is 1. The van der Waals surface area contributed by atoms with Crippen LogP contribution in [0.3, 0.4) is 0 Å². The molecular weight excluding hydrogens is 244 g/mol. The highest BCUT2D eigenvalue weighted by Crippen LogP contribution is 2.46. The van der Waals surface area contributed by atoms with E-state index in [1.165, 1.54) is 4.88 Å². The molecule has 0 spiro atoms. The molecule has 2 aromatic rings. The van der Waals surface area contributed by atoms with Gasteiger partial charge in [-0.15, -0.1) is 11.3 Å². The first-order valence-corrected chi connectivity index (χ1v) is 6.92. The van der Waals surface area contributed by atoms with Crippen molar-refractivity contribution < 1.29 is 4.74 Å². The third-order valence-corrected chi connectivity index (χ3v) is 4.50. The number of benzene rings is 1. The van der Waals surface area contributed by atoms with Gasteiger partial charge in [0.05, 0.1) is 15.6 Å². The van der Waals surface area contributed by atoms with E-state index in [2.05, 4.69) is 19.9 Å². The number of nitrogens with two attached hydrogens (primary N) is 1. The summed E-state index contributed by atoms with van der Waals surface area (Å²) in [6.45, 7) is 4.81. The summed E-state index contributed by atoms with van der Waals surface area (Å²) in [5.74, 6) is 0.916. The highest BCUT2D eigenvalue weighted by molar-refractivity contribution is 7.12. The minimum Gasteiger partial charge on any atom is -0.482 e. The van der Waals surface area contributed by atoms with Crippen molar-refractivity contribution in [3.05, 3.63) is 34.2 Å². The summed E-state index contributed by atoms with van der Waals surface area (Å²) < 4.78 is 6.08. The van der Waals surface area contributed by atoms with Crippen molar-refractivity contribution in [2.45, 2.75) is 25.9 Å². The molecule has 1 aromatic carbocycles. The van der Waals surface area contributed by atoms with Crippen LogP contribution >= 0.6 is 11.3 Å². The van der Waals surface area contributed by atoms with Gasteiger partial charge in [-0.1, -0.05) is 12.1 Å². The minimum atomic E-state index is -0.311. The highest BCUT2D eigenvalue weighted by Gasteiger charge is 2.35. The van der Waals surface area contributed by atoms with Crippen LogP contribution in [0.5, 0.6) is 5.75 Å². The third kappa shape index (κ3) is 1.72. The first-order valence-electron chi connectivity index (χ1n) is 6.10. The summed E-state index contributed by atoms with van der Waals surface area (Å²) in [7, 11) is 0. The van der Waals surface area contributed by atoms with Crippen molar-refractivity contribution in [3.8, 4) is 17.0 Å². The number of hydrogen-bond donors (Lipinski definition) is 1. The van der Waals surface area contributed by atoms with E-state index in [1.807, 2.05) is 18.2 Å². The van der Waals surface area contributed by atoms with Gasteiger partial charge in [0.2, 0.25) is 0 Å². The first-order chi connectivity index (χ1) is 8.62. The molecule has 3 nitrogen and oxygen atoms in total. The standard InChI is InChI=1S/C14H16N2OS/c1-14(2)13-12(16-11(18-13)7-8-15)9-5-3-4-6-10(9)17-14/h3-6H,7-8,15H2,1-2H3. The lowest BCUT2D eigenvalue weighted by Crippen LogP contribution is -2.27. The number of hydrogen-bond acceptors (Lipinski definition) is 4. The summed E-state index contributed by atoms with van der Waals surface area (Å²) in [5, 5.41) is 1.09. The van der Waals surface area contributed by atoms with Gasteiger partial charge >= 0.3 is 0 Å². The zero-order chi connectivity index (χ0) is 12.8. The maximum Gasteiger partial charge on any atom is 0.140 e. The van der Waals surface area contributed by atoms with Crippen LogP contribution in [0, 0.1) is 0 Å². The summed E-state index contributed by atoms with van der Waals surface area (Å²) in [5.41, 5.74) is 7.46. The predicted molar refractivity (Wildman–Crippen MR) is 74.0 cm³/mol. The molecule has 0 radical (unpaired) electrons. The fourth-order valence-electron chi connectivity index (χ4n) is 2.26. The fraction of sp³-hybridized carbons (Fsp3) is 0.357. The molecule has 1 aliphatic rings. The Hall–Kier alpha value is -1.39. The SMILES string of the molecule is CC1(C)Oc2ccccc2-c2nc(CCN)sc21. The molecule has 4 heteroatoms. The quantitative estimate of drug-likeness (QED) is 0.903. The second-order valence-electron chi connectivity index (χ2n) is 4.93. The molecule has 0 saturated heterocycles. The predicted octanol–water partition coefficient (Wildman–Crippen LogP) is 2.94. The van der Waals surface area contributed by atoms with E-state index in [0.717, 1.165) is 28.4 Å². The number of fused-ring (bicyclic) bond motifs is 3. The van der Waals surface area contributed by atoms with Crippen molar-refractivity contribution in [2.75, 3.05) is 6.54 Å². The normalized spacial score (nSPS) is 15.7. The average molecular weight is 260 g/mol. The number of aromatic nitrogens is 1. The van der Waals surface area contributed by atoms with Gasteiger partial charge in [0.15, 0.2) is 0 Å². The largest absolute Gasteiger partial charge is 0.482 e. The molecule has 0 unspecified atom stereocenters. The smallest absolute Gasteiger partial charge is 0.140 e. The van der Waals surface area contributed by atoms with E-state index in [-0.39, 0.29) is 5.60 Å². The van der Waals surface area contributed by atoms with Crippen LogP contribution in [0.4, 0.5) is 0 Å². The maximum atomic E-state index is 6.08. The molecule has 18 heavy (non-hydrogen) atoms. The van der Waals surface area contributed by atoms with E-state index in [4.69, 9.17) is 15.5 Å². The Morgan fingerprint density at radius 3 is 2.89 bits per heavy atom. The van der Waals surface area contributed by atoms with E-state index in [1.54, 1.807) is 11.3 Å². The fourth-order valence-corrected chi connectivity index (χ4v) is 3.39. The Morgan fingerprint density at radius 1 is 1.33 bits per heavy atom. The molecule has 1 aliphatic heterocycles. The van der Waals surface area contributed by atoms with Gasteiger partial charge in [0.25, 0.3) is 0 Å². The lowest BCUT2D eigenvalue weighted by atomic mass is 9.97. The van der Waals surface area contributed by atoms with Crippen LogP contribution in [0.1, 0.15) is 23.7 Å². The van der Waals surface area contributed by atoms with Crippen molar-refractivity contribution in [2.24, 2.45) is 5.73 Å². The number of rotatable bonds is 2. The highest BCUT2D eigenvalue weighted by atomic mass is 32.1. The van der Waals surface area contributed by atoms with Gasteiger partial charge in [0, 0.05) is 12.0 Å². The van der Waals surface area contributed by atoms with E-state index >= 15 is 0 Å². The molecule has 2 N–H and O–H groups in total. The summed E-state index contributed by atoms with van der Waals surface area (Å²) in [4.78, 5) is 5.93. The molecule has 94 valence electrons. The van der Waals surface area contributed by atoms with Crippen molar-refractivity contribution in [1.29, 1.82) is 0 Å². The Kier molecular flexibility index (Phi) is 2.64. The Balaban J connectivity index is 2.19. The van der Waals surface area contributed by atoms with Gasteiger partial charge in [-0.3, -0.25) is 0 Å². The van der Waals surface area contributed by atoms with Crippen molar-refractivity contribution >= 4 is 11.3 Å². The summed E-state index contributed by atoms with van der Waals surface area (Å²) >= 11 is 1.71. The van der Waals surface area contributed by atoms with Crippen LogP contribution in [-0.4, -0.2) is 11.5 Å². The summed E-state index contributed by atoms with van der Waals surface area (Å²) in [6.07, 6.45) is 0.829. The van der Waals surface area contributed by atoms with Crippen LogP contribution in [-0.2, 0) is 12.0 Å². The van der Waals surface area contributed by atoms with E-state index in [9.17, 15) is 0 Å². The topological polar surface area (TPSA) is 48.1 Å². The monoisotopic (exact) mass is 260 g/mol. The van der Waals surface area contributed by atoms with Crippen LogP contribution in [0.15, 0.2) is 24.3 Å². The van der Waals surface area contributed by atoms with Crippen molar-refractivity contribution in [1.82, 2.24) is 4.98 Å². The van der Waals surface area contributed by atoms with Gasteiger partial charge < -0.3 is 10.5 Å². The average Bonchev–Trinajstić information content (AvgIpc) is 2.74. The zero-order valence-corrected chi connectivity index (χ0v) is 11.4. The van der Waals surface area contributed by atoms with Gasteiger partial charge in [-0.2, -0.15) is 0 Å². The van der Waals surface area contributed by atoms with Crippen LogP contribution in [0.2, 0.25) is 0 Å². The van der Waals surface area contributed by atoms with Crippen LogP contribution < -0.4 is 10.5 Å². The molecule has 0 fully saturated rings. The van der Waals surface area contributed by atoms with Gasteiger partial charge in [-0.25, -0.2) is 4.98 Å².